The van der Waals surface area contributed by atoms with Crippen LogP contribution in [0.1, 0.15) is 31.7 Å². The fraction of sp³-hybridized carbons (Fsp3) is 0.519. The van der Waals surface area contributed by atoms with Gasteiger partial charge in [-0.15, -0.1) is 0 Å². The smallest absolute Gasteiger partial charge is 0.227 e. The molecule has 1 unspecified atom stereocenters. The molecule has 1 aromatic carbocycles. The van der Waals surface area contributed by atoms with Crippen LogP contribution in [0.15, 0.2) is 36.7 Å². The van der Waals surface area contributed by atoms with Gasteiger partial charge in [-0.3, -0.25) is 9.69 Å². The summed E-state index contributed by atoms with van der Waals surface area (Å²) in [4.78, 5) is 26.7. The molecule has 2 aliphatic heterocycles. The van der Waals surface area contributed by atoms with Gasteiger partial charge in [0, 0.05) is 63.2 Å². The van der Waals surface area contributed by atoms with E-state index in [-0.39, 0.29) is 5.92 Å². The average molecular weight is 492 g/mol. The largest absolute Gasteiger partial charge is 0.378 e. The summed E-state index contributed by atoms with van der Waals surface area (Å²) in [5.74, 6) is 1.86. The third-order valence-corrected chi connectivity index (χ3v) is 7.08. The van der Waals surface area contributed by atoms with Crippen molar-refractivity contribution >= 4 is 28.6 Å². The van der Waals surface area contributed by atoms with Gasteiger partial charge in [-0.05, 0) is 55.6 Å². The van der Waals surface area contributed by atoms with Crippen LogP contribution in [0.4, 0.5) is 11.8 Å². The summed E-state index contributed by atoms with van der Waals surface area (Å²) in [6.45, 7) is 8.48. The van der Waals surface area contributed by atoms with E-state index in [0.717, 1.165) is 80.9 Å². The number of anilines is 2. The zero-order chi connectivity index (χ0) is 24.9. The Morgan fingerprint density at radius 3 is 2.83 bits per heavy atom. The Morgan fingerprint density at radius 2 is 2.03 bits per heavy atom. The molecule has 2 aromatic heterocycles. The van der Waals surface area contributed by atoms with Gasteiger partial charge >= 0.3 is 0 Å². The molecule has 2 saturated heterocycles. The number of benzene rings is 1. The van der Waals surface area contributed by atoms with Crippen LogP contribution in [0.3, 0.4) is 0 Å². The molecular formula is C27H37N7O2. The number of piperidine rings is 1. The molecule has 1 atom stereocenters. The molecule has 0 spiro atoms. The van der Waals surface area contributed by atoms with Crippen molar-refractivity contribution in [3.05, 3.63) is 42.2 Å². The summed E-state index contributed by atoms with van der Waals surface area (Å²) in [5, 5.41) is 7.50. The van der Waals surface area contributed by atoms with E-state index >= 15 is 0 Å². The van der Waals surface area contributed by atoms with Crippen LogP contribution in [0.25, 0.3) is 16.6 Å². The normalized spacial score (nSPS) is 18.9. The number of ether oxygens (including phenoxy) is 1. The minimum atomic E-state index is 0.0935. The van der Waals surface area contributed by atoms with Crippen molar-refractivity contribution in [2.75, 3.05) is 63.6 Å². The number of aromatic nitrogens is 3. The molecular weight excluding hydrogens is 454 g/mol. The fourth-order valence-electron chi connectivity index (χ4n) is 5.16. The number of hydrogen-bond acceptors (Lipinski definition) is 7. The molecule has 0 aliphatic carbocycles. The molecule has 2 aliphatic rings. The van der Waals surface area contributed by atoms with E-state index in [4.69, 9.17) is 4.74 Å². The monoisotopic (exact) mass is 491 g/mol. The highest BCUT2D eigenvalue weighted by atomic mass is 16.5. The fourth-order valence-corrected chi connectivity index (χ4v) is 5.16. The van der Waals surface area contributed by atoms with Gasteiger partial charge in [0.05, 0.1) is 24.6 Å². The Balaban J connectivity index is 1.28. The summed E-state index contributed by atoms with van der Waals surface area (Å²) in [5.41, 5.74) is 3.22. The number of morpholine rings is 1. The first-order chi connectivity index (χ1) is 17.6. The van der Waals surface area contributed by atoms with Gasteiger partial charge in [-0.25, -0.2) is 4.98 Å². The molecule has 0 bridgehead atoms. The number of amides is 1. The first-order valence-corrected chi connectivity index (χ1v) is 13.1. The number of fused-ring (bicyclic) bond motifs is 1. The molecule has 0 radical (unpaired) electrons. The van der Waals surface area contributed by atoms with Crippen molar-refractivity contribution in [1.82, 2.24) is 24.3 Å². The van der Waals surface area contributed by atoms with Crippen molar-refractivity contribution in [2.24, 2.45) is 5.92 Å². The number of carbonyl (C=O) groups is 1. The Bertz CT molecular complexity index is 1190. The third-order valence-electron chi connectivity index (χ3n) is 7.08. The van der Waals surface area contributed by atoms with E-state index in [9.17, 15) is 4.79 Å². The SMILES string of the molecule is CCCNc1nc(NC)nc2cc(-n3ccc(CN4CCCC(C(=O)N5CCOCC5)C4)c3)ccc12. The predicted molar refractivity (Wildman–Crippen MR) is 143 cm³/mol. The second kappa shape index (κ2) is 11.3. The first kappa shape index (κ1) is 24.5. The van der Waals surface area contributed by atoms with Crippen molar-refractivity contribution in [1.29, 1.82) is 0 Å². The van der Waals surface area contributed by atoms with Gasteiger partial charge in [-0.1, -0.05) is 6.92 Å². The van der Waals surface area contributed by atoms with Gasteiger partial charge in [0.25, 0.3) is 0 Å². The Labute approximate surface area is 212 Å². The highest BCUT2D eigenvalue weighted by Crippen LogP contribution is 2.26. The Morgan fingerprint density at radius 1 is 1.17 bits per heavy atom. The second-order valence-electron chi connectivity index (χ2n) is 9.71. The van der Waals surface area contributed by atoms with Crippen LogP contribution in [0, 0.1) is 5.92 Å². The number of nitrogens with one attached hydrogen (secondary N) is 2. The van der Waals surface area contributed by atoms with Crippen molar-refractivity contribution in [3.63, 3.8) is 0 Å². The second-order valence-corrected chi connectivity index (χ2v) is 9.71. The zero-order valence-corrected chi connectivity index (χ0v) is 21.4. The zero-order valence-electron chi connectivity index (χ0n) is 21.4. The van der Waals surface area contributed by atoms with Crippen molar-refractivity contribution in [3.8, 4) is 5.69 Å². The first-order valence-electron chi connectivity index (χ1n) is 13.1. The van der Waals surface area contributed by atoms with Crippen LogP contribution < -0.4 is 10.6 Å². The third kappa shape index (κ3) is 5.47. The van der Waals surface area contributed by atoms with Crippen LogP contribution in [0.2, 0.25) is 0 Å². The predicted octanol–water partition coefficient (Wildman–Crippen LogP) is 3.35. The number of rotatable bonds is 8. The molecule has 5 rings (SSSR count). The maximum Gasteiger partial charge on any atom is 0.227 e. The van der Waals surface area contributed by atoms with Gasteiger partial charge in [0.2, 0.25) is 11.9 Å². The number of carbonyl (C=O) groups excluding carboxylic acids is 1. The standard InChI is InChI=1S/C27H37N7O2/c1-3-9-29-25-23-7-6-22(16-24(23)30-27(28-2)31-25)34-11-8-20(18-34)17-32-10-4-5-21(19-32)26(35)33-12-14-36-15-13-33/h6-8,11,16,18,21H,3-5,9-10,12-15,17,19H2,1-2H3,(H2,28,29,30,31). The Kier molecular flexibility index (Phi) is 7.67. The van der Waals surface area contributed by atoms with E-state index in [0.29, 0.717) is 25.1 Å². The highest BCUT2D eigenvalue weighted by molar-refractivity contribution is 5.91. The summed E-state index contributed by atoms with van der Waals surface area (Å²) < 4.78 is 7.56. The lowest BCUT2D eigenvalue weighted by molar-refractivity contribution is -0.141. The molecule has 0 saturated carbocycles. The molecule has 9 nitrogen and oxygen atoms in total. The van der Waals surface area contributed by atoms with Gasteiger partial charge in [0.15, 0.2) is 0 Å². The number of hydrogen-bond donors (Lipinski definition) is 2. The molecule has 4 heterocycles. The van der Waals surface area contributed by atoms with Crippen molar-refractivity contribution < 1.29 is 9.53 Å². The lowest BCUT2D eigenvalue weighted by Crippen LogP contribution is -2.48. The minimum Gasteiger partial charge on any atom is -0.378 e. The maximum atomic E-state index is 13.0. The molecule has 9 heteroatoms. The minimum absolute atomic E-state index is 0.0935. The van der Waals surface area contributed by atoms with Crippen LogP contribution >= 0.6 is 0 Å². The van der Waals surface area contributed by atoms with E-state index < -0.39 is 0 Å². The Hall–Kier alpha value is -3.17. The number of likely N-dealkylation sites (tertiary alicyclic amines) is 1. The van der Waals surface area contributed by atoms with E-state index in [2.05, 4.69) is 73.7 Å². The van der Waals surface area contributed by atoms with Gasteiger partial charge in [0.1, 0.15) is 5.82 Å². The summed E-state index contributed by atoms with van der Waals surface area (Å²) in [6.07, 6.45) is 7.37. The van der Waals surface area contributed by atoms with E-state index in [1.165, 1.54) is 5.56 Å². The molecule has 36 heavy (non-hydrogen) atoms. The summed E-state index contributed by atoms with van der Waals surface area (Å²) >= 11 is 0. The van der Waals surface area contributed by atoms with Gasteiger partial charge in [-0.2, -0.15) is 4.98 Å². The maximum absolute atomic E-state index is 13.0. The average Bonchev–Trinajstić information content (AvgIpc) is 3.39. The van der Waals surface area contributed by atoms with Gasteiger partial charge < -0.3 is 24.8 Å². The molecule has 2 N–H and O–H groups in total. The van der Waals surface area contributed by atoms with E-state index in [1.54, 1.807) is 0 Å². The van der Waals surface area contributed by atoms with E-state index in [1.807, 2.05) is 11.9 Å². The van der Waals surface area contributed by atoms with Crippen LogP contribution in [0.5, 0.6) is 0 Å². The lowest BCUT2D eigenvalue weighted by atomic mass is 9.96. The highest BCUT2D eigenvalue weighted by Gasteiger charge is 2.30. The molecule has 1 amide bonds. The van der Waals surface area contributed by atoms with Crippen molar-refractivity contribution in [2.45, 2.75) is 32.7 Å². The topological polar surface area (TPSA) is 87.6 Å². The quantitative estimate of drug-likeness (QED) is 0.500. The van der Waals surface area contributed by atoms with Crippen LogP contribution in [-0.2, 0) is 16.1 Å². The summed E-state index contributed by atoms with van der Waals surface area (Å²) in [6, 6.07) is 8.49. The lowest BCUT2D eigenvalue weighted by Gasteiger charge is -2.36. The molecule has 192 valence electrons. The molecule has 3 aromatic rings. The molecule has 2 fully saturated rings. The van der Waals surface area contributed by atoms with Crippen LogP contribution in [-0.4, -0.2) is 83.2 Å². The number of nitrogens with zero attached hydrogens (tertiary/aromatic N) is 5. The summed E-state index contributed by atoms with van der Waals surface area (Å²) in [7, 11) is 1.84.